The van der Waals surface area contributed by atoms with E-state index in [1.165, 1.54) is 0 Å². The lowest BCUT2D eigenvalue weighted by Crippen LogP contribution is -2.04. The smallest absolute Gasteiger partial charge is 0.0795 e. The van der Waals surface area contributed by atoms with Crippen molar-refractivity contribution < 1.29 is 5.11 Å². The van der Waals surface area contributed by atoms with E-state index in [1.54, 1.807) is 0 Å². The molecule has 1 aromatic carbocycles. The molecule has 0 fully saturated rings. The maximum absolute atomic E-state index is 9.91. The third kappa shape index (κ3) is 3.00. The molecule has 76 valence electrons. The summed E-state index contributed by atoms with van der Waals surface area (Å²) in [6.45, 7) is 5.88. The summed E-state index contributed by atoms with van der Waals surface area (Å²) in [4.78, 5) is 0. The van der Waals surface area contributed by atoms with Crippen LogP contribution in [0.2, 0.25) is 0 Å². The minimum absolute atomic E-state index is 0.362. The third-order valence-corrected chi connectivity index (χ3v) is 2.57. The fourth-order valence-electron chi connectivity index (χ4n) is 1.53. The highest BCUT2D eigenvalue weighted by atomic mass is 16.3. The molecule has 0 saturated heterocycles. The molecular weight excluding hydrogens is 172 g/mol. The van der Waals surface area contributed by atoms with Crippen LogP contribution in [0.5, 0.6) is 0 Å². The average molecular weight is 190 g/mol. The lowest BCUT2D eigenvalue weighted by molar-refractivity contribution is 0.152. The van der Waals surface area contributed by atoms with Gasteiger partial charge in [0.2, 0.25) is 0 Å². The molecule has 1 N–H and O–H groups in total. The Balaban J connectivity index is 2.58. The van der Waals surface area contributed by atoms with Crippen LogP contribution in [0, 0.1) is 5.92 Å². The van der Waals surface area contributed by atoms with Crippen molar-refractivity contribution in [2.75, 3.05) is 0 Å². The van der Waals surface area contributed by atoms with Gasteiger partial charge in [0.15, 0.2) is 0 Å². The van der Waals surface area contributed by atoms with E-state index in [0.717, 1.165) is 18.4 Å². The lowest BCUT2D eigenvalue weighted by atomic mass is 9.95. The standard InChI is InChI=1S/C13H18O/c1-3-11(4-2)10-13(14)12-8-6-5-7-9-12/h3,5-9,11,13-14H,1,4,10H2,2H3. The number of benzene rings is 1. The Morgan fingerprint density at radius 3 is 2.50 bits per heavy atom. The number of aliphatic hydroxyl groups is 1. The van der Waals surface area contributed by atoms with E-state index >= 15 is 0 Å². The number of rotatable bonds is 5. The van der Waals surface area contributed by atoms with Gasteiger partial charge in [-0.05, 0) is 24.3 Å². The van der Waals surface area contributed by atoms with Gasteiger partial charge >= 0.3 is 0 Å². The van der Waals surface area contributed by atoms with Crippen LogP contribution in [0.1, 0.15) is 31.4 Å². The van der Waals surface area contributed by atoms with Gasteiger partial charge in [-0.15, -0.1) is 6.58 Å². The summed E-state index contributed by atoms with van der Waals surface area (Å²) in [6.07, 6.45) is 3.36. The van der Waals surface area contributed by atoms with Gasteiger partial charge < -0.3 is 5.11 Å². The highest BCUT2D eigenvalue weighted by Crippen LogP contribution is 2.23. The lowest BCUT2D eigenvalue weighted by Gasteiger charge is -2.15. The predicted octanol–water partition coefficient (Wildman–Crippen LogP) is 3.32. The van der Waals surface area contributed by atoms with E-state index in [0.29, 0.717) is 5.92 Å². The molecule has 0 heterocycles. The zero-order chi connectivity index (χ0) is 10.4. The predicted molar refractivity (Wildman–Crippen MR) is 60.0 cm³/mol. The van der Waals surface area contributed by atoms with Crippen LogP contribution in [0.25, 0.3) is 0 Å². The first-order valence-corrected chi connectivity index (χ1v) is 5.13. The van der Waals surface area contributed by atoms with Crippen molar-refractivity contribution in [2.45, 2.75) is 25.9 Å². The van der Waals surface area contributed by atoms with Gasteiger partial charge in [-0.3, -0.25) is 0 Å². The van der Waals surface area contributed by atoms with E-state index < -0.39 is 0 Å². The van der Waals surface area contributed by atoms with Gasteiger partial charge in [-0.1, -0.05) is 43.3 Å². The number of hydrogen-bond acceptors (Lipinski definition) is 1. The van der Waals surface area contributed by atoms with Crippen LogP contribution in [0.15, 0.2) is 43.0 Å². The Hall–Kier alpha value is -1.08. The van der Waals surface area contributed by atoms with E-state index in [1.807, 2.05) is 36.4 Å². The van der Waals surface area contributed by atoms with Crippen LogP contribution < -0.4 is 0 Å². The van der Waals surface area contributed by atoms with Gasteiger partial charge in [0.1, 0.15) is 0 Å². The fourth-order valence-corrected chi connectivity index (χ4v) is 1.53. The van der Waals surface area contributed by atoms with Gasteiger partial charge in [-0.25, -0.2) is 0 Å². The van der Waals surface area contributed by atoms with Crippen molar-refractivity contribution in [2.24, 2.45) is 5.92 Å². The zero-order valence-electron chi connectivity index (χ0n) is 8.69. The van der Waals surface area contributed by atoms with Crippen molar-refractivity contribution >= 4 is 0 Å². The number of hydrogen-bond donors (Lipinski definition) is 1. The zero-order valence-corrected chi connectivity index (χ0v) is 8.69. The second-order valence-electron chi connectivity index (χ2n) is 3.57. The first-order chi connectivity index (χ1) is 6.77. The number of aliphatic hydroxyl groups excluding tert-OH is 1. The maximum atomic E-state index is 9.91. The van der Waals surface area contributed by atoms with Gasteiger partial charge in [-0.2, -0.15) is 0 Å². The Labute approximate surface area is 86.1 Å². The first kappa shape index (κ1) is 11.0. The van der Waals surface area contributed by atoms with Crippen molar-refractivity contribution in [3.05, 3.63) is 48.6 Å². The van der Waals surface area contributed by atoms with Crippen LogP contribution in [0.3, 0.4) is 0 Å². The molecule has 0 saturated carbocycles. The molecule has 2 atom stereocenters. The molecule has 0 spiro atoms. The summed E-state index contributed by atoms with van der Waals surface area (Å²) in [6, 6.07) is 9.78. The van der Waals surface area contributed by atoms with E-state index in [9.17, 15) is 5.11 Å². The minimum atomic E-state index is -0.362. The van der Waals surface area contributed by atoms with Crippen LogP contribution >= 0.6 is 0 Å². The maximum Gasteiger partial charge on any atom is 0.0795 e. The molecule has 0 bridgehead atoms. The Kier molecular flexibility index (Phi) is 4.41. The highest BCUT2D eigenvalue weighted by Gasteiger charge is 2.11. The Bertz CT molecular complexity index is 266. The van der Waals surface area contributed by atoms with E-state index in [-0.39, 0.29) is 6.10 Å². The molecule has 0 aliphatic carbocycles. The van der Waals surface area contributed by atoms with Gasteiger partial charge in [0.05, 0.1) is 6.10 Å². The van der Waals surface area contributed by atoms with Gasteiger partial charge in [0.25, 0.3) is 0 Å². The van der Waals surface area contributed by atoms with Crippen LogP contribution in [-0.4, -0.2) is 5.11 Å². The van der Waals surface area contributed by atoms with Crippen LogP contribution in [-0.2, 0) is 0 Å². The monoisotopic (exact) mass is 190 g/mol. The van der Waals surface area contributed by atoms with Crippen molar-refractivity contribution in [3.63, 3.8) is 0 Å². The van der Waals surface area contributed by atoms with Gasteiger partial charge in [0, 0.05) is 0 Å². The largest absolute Gasteiger partial charge is 0.388 e. The molecule has 1 rings (SSSR count). The van der Waals surface area contributed by atoms with Crippen molar-refractivity contribution in [1.82, 2.24) is 0 Å². The molecule has 0 aliphatic rings. The van der Waals surface area contributed by atoms with E-state index in [2.05, 4.69) is 13.5 Å². The molecule has 1 aromatic rings. The normalized spacial score (nSPS) is 14.7. The quantitative estimate of drug-likeness (QED) is 0.706. The molecule has 0 aliphatic heterocycles. The summed E-state index contributed by atoms with van der Waals surface area (Å²) in [7, 11) is 0. The Morgan fingerprint density at radius 1 is 1.36 bits per heavy atom. The molecular formula is C13H18O. The molecule has 0 amide bonds. The summed E-state index contributed by atoms with van der Waals surface area (Å²) in [5, 5.41) is 9.91. The molecule has 0 aromatic heterocycles. The highest BCUT2D eigenvalue weighted by molar-refractivity contribution is 5.17. The Morgan fingerprint density at radius 2 is 2.00 bits per heavy atom. The molecule has 2 unspecified atom stereocenters. The van der Waals surface area contributed by atoms with Crippen molar-refractivity contribution in [3.8, 4) is 0 Å². The second kappa shape index (κ2) is 5.61. The molecule has 1 nitrogen and oxygen atoms in total. The molecule has 1 heteroatoms. The van der Waals surface area contributed by atoms with E-state index in [4.69, 9.17) is 0 Å². The summed E-state index contributed by atoms with van der Waals surface area (Å²) >= 11 is 0. The third-order valence-electron chi connectivity index (χ3n) is 2.57. The summed E-state index contributed by atoms with van der Waals surface area (Å²) < 4.78 is 0. The minimum Gasteiger partial charge on any atom is -0.388 e. The number of allylic oxidation sites excluding steroid dienone is 1. The van der Waals surface area contributed by atoms with Crippen molar-refractivity contribution in [1.29, 1.82) is 0 Å². The SMILES string of the molecule is C=CC(CC)CC(O)c1ccccc1. The fraction of sp³-hybridized carbons (Fsp3) is 0.385. The molecule has 0 radical (unpaired) electrons. The second-order valence-corrected chi connectivity index (χ2v) is 3.57. The molecule has 14 heavy (non-hydrogen) atoms. The summed E-state index contributed by atoms with van der Waals surface area (Å²) in [5.41, 5.74) is 0.993. The average Bonchev–Trinajstić information content (AvgIpc) is 2.26. The topological polar surface area (TPSA) is 20.2 Å². The summed E-state index contributed by atoms with van der Waals surface area (Å²) in [5.74, 6) is 0.408. The first-order valence-electron chi connectivity index (χ1n) is 5.13. The van der Waals surface area contributed by atoms with Crippen LogP contribution in [0.4, 0.5) is 0 Å².